The zero-order chi connectivity index (χ0) is 12.9. The smallest absolute Gasteiger partial charge is 0.239 e. The molecule has 4 nitrogen and oxygen atoms in total. The Labute approximate surface area is 101 Å². The molecule has 17 heavy (non-hydrogen) atoms. The lowest BCUT2D eigenvalue weighted by molar-refractivity contribution is -0.126. The number of aromatic hydroxyl groups is 1. The lowest BCUT2D eigenvalue weighted by atomic mass is 9.95. The second-order valence-corrected chi connectivity index (χ2v) is 4.41. The van der Waals surface area contributed by atoms with E-state index in [1.165, 1.54) is 0 Å². The highest BCUT2D eigenvalue weighted by Crippen LogP contribution is 2.13. The van der Waals surface area contributed by atoms with Crippen LogP contribution in [-0.2, 0) is 11.2 Å². The van der Waals surface area contributed by atoms with Crippen molar-refractivity contribution in [1.29, 1.82) is 5.26 Å². The quantitative estimate of drug-likeness (QED) is 0.828. The topological polar surface area (TPSA) is 73.1 Å². The third kappa shape index (κ3) is 3.80. The van der Waals surface area contributed by atoms with E-state index in [1.54, 1.807) is 38.1 Å². The standard InChI is InChI=1S/C13H16N2O2/c1-13(2,9-14)12(17)15-8-7-10-3-5-11(16)6-4-10/h3-6,16H,7-8H2,1-2H3,(H,15,17). The fraction of sp³-hybridized carbons (Fsp3) is 0.385. The van der Waals surface area contributed by atoms with Gasteiger partial charge in [-0.15, -0.1) is 0 Å². The summed E-state index contributed by atoms with van der Waals surface area (Å²) in [6.45, 7) is 3.65. The van der Waals surface area contributed by atoms with Crippen molar-refractivity contribution in [3.8, 4) is 11.8 Å². The van der Waals surface area contributed by atoms with Crippen molar-refractivity contribution in [2.45, 2.75) is 20.3 Å². The Kier molecular flexibility index (Phi) is 4.11. The maximum Gasteiger partial charge on any atom is 0.239 e. The van der Waals surface area contributed by atoms with Crippen molar-refractivity contribution in [2.24, 2.45) is 5.41 Å². The molecule has 0 bridgehead atoms. The molecule has 0 saturated carbocycles. The molecule has 0 saturated heterocycles. The summed E-state index contributed by atoms with van der Waals surface area (Å²) in [5, 5.41) is 20.6. The first-order chi connectivity index (χ1) is 7.95. The summed E-state index contributed by atoms with van der Waals surface area (Å²) in [7, 11) is 0. The predicted octanol–water partition coefficient (Wildman–Crippen LogP) is 1.60. The molecular formula is C13H16N2O2. The number of hydrogen-bond acceptors (Lipinski definition) is 3. The molecular weight excluding hydrogens is 216 g/mol. The van der Waals surface area contributed by atoms with E-state index in [-0.39, 0.29) is 11.7 Å². The summed E-state index contributed by atoms with van der Waals surface area (Å²) in [6, 6.07) is 8.77. The van der Waals surface area contributed by atoms with Gasteiger partial charge >= 0.3 is 0 Å². The summed E-state index contributed by atoms with van der Waals surface area (Å²) in [6.07, 6.45) is 0.674. The van der Waals surface area contributed by atoms with Gasteiger partial charge in [0.05, 0.1) is 6.07 Å². The molecule has 0 atom stereocenters. The van der Waals surface area contributed by atoms with E-state index in [0.717, 1.165) is 5.56 Å². The number of phenolic OH excluding ortho intramolecular Hbond substituents is 1. The SMILES string of the molecule is CC(C)(C#N)C(=O)NCCc1ccc(O)cc1. The highest BCUT2D eigenvalue weighted by atomic mass is 16.3. The average molecular weight is 232 g/mol. The molecule has 0 aliphatic heterocycles. The predicted molar refractivity (Wildman–Crippen MR) is 64.2 cm³/mol. The Balaban J connectivity index is 2.41. The van der Waals surface area contributed by atoms with Crippen LogP contribution < -0.4 is 5.32 Å². The van der Waals surface area contributed by atoms with Gasteiger partial charge in [-0.1, -0.05) is 12.1 Å². The number of rotatable bonds is 4. The molecule has 0 fully saturated rings. The van der Waals surface area contributed by atoms with Crippen LogP contribution in [0.4, 0.5) is 0 Å². The summed E-state index contributed by atoms with van der Waals surface area (Å²) in [5.41, 5.74) is 0.0347. The van der Waals surface area contributed by atoms with Gasteiger partial charge in [0, 0.05) is 6.54 Å². The third-order valence-corrected chi connectivity index (χ3v) is 2.48. The van der Waals surface area contributed by atoms with Crippen molar-refractivity contribution in [2.75, 3.05) is 6.54 Å². The van der Waals surface area contributed by atoms with Crippen LogP contribution in [0.15, 0.2) is 24.3 Å². The molecule has 0 unspecified atom stereocenters. The Hall–Kier alpha value is -2.02. The van der Waals surface area contributed by atoms with Crippen molar-refractivity contribution in [3.05, 3.63) is 29.8 Å². The van der Waals surface area contributed by atoms with Gasteiger partial charge in [0.25, 0.3) is 0 Å². The van der Waals surface area contributed by atoms with E-state index in [1.807, 2.05) is 6.07 Å². The Bertz CT molecular complexity index is 430. The maximum absolute atomic E-state index is 11.6. The molecule has 2 N–H and O–H groups in total. The fourth-order valence-electron chi connectivity index (χ4n) is 1.25. The number of nitriles is 1. The van der Waals surface area contributed by atoms with Crippen molar-refractivity contribution in [1.82, 2.24) is 5.32 Å². The molecule has 90 valence electrons. The Morgan fingerprint density at radius 2 is 2.00 bits per heavy atom. The van der Waals surface area contributed by atoms with Crippen LogP contribution in [0.2, 0.25) is 0 Å². The lowest BCUT2D eigenvalue weighted by Gasteiger charge is -2.14. The zero-order valence-electron chi connectivity index (χ0n) is 10.0. The number of hydrogen-bond donors (Lipinski definition) is 2. The lowest BCUT2D eigenvalue weighted by Crippen LogP contribution is -2.36. The largest absolute Gasteiger partial charge is 0.508 e. The second-order valence-electron chi connectivity index (χ2n) is 4.41. The summed E-state index contributed by atoms with van der Waals surface area (Å²) < 4.78 is 0. The van der Waals surface area contributed by atoms with E-state index < -0.39 is 5.41 Å². The molecule has 1 aromatic rings. The zero-order valence-corrected chi connectivity index (χ0v) is 10.0. The van der Waals surface area contributed by atoms with Crippen LogP contribution in [0.25, 0.3) is 0 Å². The fourth-order valence-corrected chi connectivity index (χ4v) is 1.25. The van der Waals surface area contributed by atoms with Crippen molar-refractivity contribution >= 4 is 5.91 Å². The van der Waals surface area contributed by atoms with Crippen LogP contribution in [0.3, 0.4) is 0 Å². The van der Waals surface area contributed by atoms with Gasteiger partial charge in [-0.25, -0.2) is 0 Å². The number of carbonyl (C=O) groups is 1. The summed E-state index contributed by atoms with van der Waals surface area (Å²) in [5.74, 6) is -0.0397. The molecule has 1 aromatic carbocycles. The van der Waals surface area contributed by atoms with Gasteiger partial charge in [-0.3, -0.25) is 4.79 Å². The molecule has 0 heterocycles. The van der Waals surface area contributed by atoms with Crippen molar-refractivity contribution < 1.29 is 9.90 Å². The second kappa shape index (κ2) is 5.35. The first kappa shape index (κ1) is 13.0. The normalized spacial score (nSPS) is 10.6. The van der Waals surface area contributed by atoms with Crippen LogP contribution in [0.5, 0.6) is 5.75 Å². The van der Waals surface area contributed by atoms with Crippen LogP contribution in [0, 0.1) is 16.7 Å². The van der Waals surface area contributed by atoms with Crippen LogP contribution >= 0.6 is 0 Å². The summed E-state index contributed by atoms with van der Waals surface area (Å²) in [4.78, 5) is 11.6. The van der Waals surface area contributed by atoms with Gasteiger partial charge in [-0.05, 0) is 38.0 Å². The van der Waals surface area contributed by atoms with Crippen molar-refractivity contribution in [3.63, 3.8) is 0 Å². The number of carbonyl (C=O) groups excluding carboxylic acids is 1. The Morgan fingerprint density at radius 1 is 1.41 bits per heavy atom. The van der Waals surface area contributed by atoms with Crippen LogP contribution in [-0.4, -0.2) is 17.6 Å². The monoisotopic (exact) mass is 232 g/mol. The minimum atomic E-state index is -0.991. The van der Waals surface area contributed by atoms with E-state index >= 15 is 0 Å². The van der Waals surface area contributed by atoms with E-state index in [2.05, 4.69) is 5.32 Å². The molecule has 1 amide bonds. The van der Waals surface area contributed by atoms with E-state index in [4.69, 9.17) is 10.4 Å². The Morgan fingerprint density at radius 3 is 2.53 bits per heavy atom. The molecule has 1 rings (SSSR count). The van der Waals surface area contributed by atoms with Gasteiger partial charge in [0.15, 0.2) is 0 Å². The highest BCUT2D eigenvalue weighted by Gasteiger charge is 2.26. The maximum atomic E-state index is 11.6. The minimum absolute atomic E-state index is 0.225. The minimum Gasteiger partial charge on any atom is -0.508 e. The molecule has 4 heteroatoms. The van der Waals surface area contributed by atoms with E-state index in [9.17, 15) is 4.79 Å². The highest BCUT2D eigenvalue weighted by molar-refractivity contribution is 5.84. The van der Waals surface area contributed by atoms with E-state index in [0.29, 0.717) is 13.0 Å². The molecule has 0 aliphatic rings. The number of benzene rings is 1. The molecule has 0 aromatic heterocycles. The molecule has 0 radical (unpaired) electrons. The first-order valence-electron chi connectivity index (χ1n) is 5.43. The third-order valence-electron chi connectivity index (χ3n) is 2.48. The van der Waals surface area contributed by atoms with Gasteiger partial charge in [0.2, 0.25) is 5.91 Å². The molecule has 0 aliphatic carbocycles. The average Bonchev–Trinajstić information content (AvgIpc) is 2.31. The van der Waals surface area contributed by atoms with Gasteiger partial charge in [-0.2, -0.15) is 5.26 Å². The summed E-state index contributed by atoms with van der Waals surface area (Å²) >= 11 is 0. The number of amides is 1. The van der Waals surface area contributed by atoms with Crippen LogP contribution in [0.1, 0.15) is 19.4 Å². The van der Waals surface area contributed by atoms with Gasteiger partial charge in [0.1, 0.15) is 11.2 Å². The number of phenols is 1. The number of nitrogens with one attached hydrogen (secondary N) is 1. The first-order valence-corrected chi connectivity index (χ1v) is 5.43. The van der Waals surface area contributed by atoms with Gasteiger partial charge < -0.3 is 10.4 Å². The molecule has 0 spiro atoms. The number of nitrogens with zero attached hydrogens (tertiary/aromatic N) is 1.